The minimum atomic E-state index is -0.509. The molecule has 6 nitrogen and oxygen atoms in total. The minimum absolute atomic E-state index is 0.00306. The van der Waals surface area contributed by atoms with Gasteiger partial charge in [-0.1, -0.05) is 35.9 Å². The van der Waals surface area contributed by atoms with Gasteiger partial charge in [0, 0.05) is 36.4 Å². The molecule has 1 fully saturated rings. The number of ether oxygens (including phenoxy) is 1. The van der Waals surface area contributed by atoms with Gasteiger partial charge >= 0.3 is 6.03 Å². The number of urea groups is 1. The fraction of sp³-hybridized carbons (Fsp3) is 0.391. The van der Waals surface area contributed by atoms with E-state index in [4.69, 9.17) is 16.3 Å². The molecule has 3 rings (SSSR count). The Hall–Kier alpha value is -2.57. The van der Waals surface area contributed by atoms with E-state index in [1.807, 2.05) is 50.2 Å². The summed E-state index contributed by atoms with van der Waals surface area (Å²) in [4.78, 5) is 24.7. The fourth-order valence-electron chi connectivity index (χ4n) is 3.37. The van der Waals surface area contributed by atoms with Gasteiger partial charge in [-0.25, -0.2) is 4.79 Å². The Morgan fingerprint density at radius 3 is 2.30 bits per heavy atom. The van der Waals surface area contributed by atoms with E-state index in [1.165, 1.54) is 0 Å². The summed E-state index contributed by atoms with van der Waals surface area (Å²) < 4.78 is 5.33. The predicted molar refractivity (Wildman–Crippen MR) is 118 cm³/mol. The van der Waals surface area contributed by atoms with Gasteiger partial charge in [0.15, 0.2) is 0 Å². The molecule has 7 heteroatoms. The van der Waals surface area contributed by atoms with Gasteiger partial charge in [0.25, 0.3) is 0 Å². The van der Waals surface area contributed by atoms with Crippen LogP contribution in [0.4, 0.5) is 10.5 Å². The van der Waals surface area contributed by atoms with Crippen LogP contribution in [0, 0.1) is 5.92 Å². The zero-order valence-electron chi connectivity index (χ0n) is 17.3. The minimum Gasteiger partial charge on any atom is -0.381 e. The van der Waals surface area contributed by atoms with Crippen LogP contribution in [-0.4, -0.2) is 25.2 Å². The molecule has 1 aliphatic rings. The summed E-state index contributed by atoms with van der Waals surface area (Å²) in [7, 11) is 0. The molecule has 2 aromatic carbocycles. The van der Waals surface area contributed by atoms with Crippen LogP contribution in [0.15, 0.2) is 48.5 Å². The molecule has 3 amide bonds. The van der Waals surface area contributed by atoms with Crippen LogP contribution < -0.4 is 16.0 Å². The van der Waals surface area contributed by atoms with E-state index in [2.05, 4.69) is 16.0 Å². The molecule has 1 saturated heterocycles. The maximum Gasteiger partial charge on any atom is 0.319 e. The smallest absolute Gasteiger partial charge is 0.319 e. The highest BCUT2D eigenvalue weighted by molar-refractivity contribution is 6.30. The molecule has 30 heavy (non-hydrogen) atoms. The third-order valence-corrected chi connectivity index (χ3v) is 5.51. The number of anilines is 1. The maximum atomic E-state index is 12.6. The van der Waals surface area contributed by atoms with E-state index in [9.17, 15) is 9.59 Å². The first-order valence-corrected chi connectivity index (χ1v) is 10.5. The van der Waals surface area contributed by atoms with Crippen LogP contribution >= 0.6 is 11.6 Å². The lowest BCUT2D eigenvalue weighted by Gasteiger charge is -2.30. The van der Waals surface area contributed by atoms with Gasteiger partial charge in [0.05, 0.1) is 5.54 Å². The molecule has 2 aromatic rings. The summed E-state index contributed by atoms with van der Waals surface area (Å²) in [6.07, 6.45) is 1.52. The molecule has 0 unspecified atom stereocenters. The van der Waals surface area contributed by atoms with Crippen molar-refractivity contribution in [1.82, 2.24) is 10.6 Å². The Morgan fingerprint density at radius 1 is 1.03 bits per heavy atom. The van der Waals surface area contributed by atoms with E-state index < -0.39 is 5.54 Å². The van der Waals surface area contributed by atoms with Gasteiger partial charge in [0.1, 0.15) is 0 Å². The number of carbonyl (C=O) groups is 2. The van der Waals surface area contributed by atoms with Crippen LogP contribution in [0.2, 0.25) is 5.02 Å². The molecule has 0 saturated carbocycles. The maximum absolute atomic E-state index is 12.6. The first kappa shape index (κ1) is 22.1. The van der Waals surface area contributed by atoms with Crippen LogP contribution in [0.25, 0.3) is 0 Å². The summed E-state index contributed by atoms with van der Waals surface area (Å²) >= 11 is 5.87. The standard InChI is InChI=1S/C23H28ClN3O3/c1-23(2,27-21(28)17-11-13-30-14-12-17)18-5-9-20(10-6-18)26-22(29)25-15-16-3-7-19(24)8-4-16/h3-10,17H,11-15H2,1-2H3,(H,27,28)(H2,25,26,29). The fourth-order valence-corrected chi connectivity index (χ4v) is 3.50. The lowest BCUT2D eigenvalue weighted by atomic mass is 9.91. The van der Waals surface area contributed by atoms with Crippen LogP contribution in [0.1, 0.15) is 37.8 Å². The van der Waals surface area contributed by atoms with Crippen LogP contribution in [-0.2, 0) is 21.6 Å². The van der Waals surface area contributed by atoms with Gasteiger partial charge in [0.2, 0.25) is 5.91 Å². The summed E-state index contributed by atoms with van der Waals surface area (Å²) in [5.41, 5.74) is 2.10. The van der Waals surface area contributed by atoms with E-state index >= 15 is 0 Å². The summed E-state index contributed by atoms with van der Waals surface area (Å²) in [6, 6.07) is 14.5. The summed E-state index contributed by atoms with van der Waals surface area (Å²) in [5, 5.41) is 9.43. The second kappa shape index (κ2) is 9.96. The molecule has 0 atom stereocenters. The second-order valence-corrected chi connectivity index (χ2v) is 8.45. The number of carbonyl (C=O) groups excluding carboxylic acids is 2. The van der Waals surface area contributed by atoms with E-state index in [1.54, 1.807) is 12.1 Å². The van der Waals surface area contributed by atoms with Gasteiger partial charge in [-0.3, -0.25) is 4.79 Å². The number of amides is 3. The number of benzene rings is 2. The van der Waals surface area contributed by atoms with Crippen molar-refractivity contribution in [2.24, 2.45) is 5.92 Å². The molecular formula is C23H28ClN3O3. The molecule has 160 valence electrons. The Balaban J connectivity index is 1.52. The number of hydrogen-bond acceptors (Lipinski definition) is 3. The Bertz CT molecular complexity index is 860. The first-order valence-electron chi connectivity index (χ1n) is 10.1. The number of nitrogens with one attached hydrogen (secondary N) is 3. The molecule has 0 aromatic heterocycles. The van der Waals surface area contributed by atoms with Crippen molar-refractivity contribution in [3.63, 3.8) is 0 Å². The number of halogens is 1. The first-order chi connectivity index (χ1) is 14.3. The van der Waals surface area contributed by atoms with E-state index in [-0.39, 0.29) is 17.9 Å². The molecule has 1 aliphatic heterocycles. The number of rotatable bonds is 6. The summed E-state index contributed by atoms with van der Waals surface area (Å²) in [5.74, 6) is 0.0652. The predicted octanol–water partition coefficient (Wildman–Crippen LogP) is 4.44. The lowest BCUT2D eigenvalue weighted by molar-refractivity contribution is -0.129. The van der Waals surface area contributed by atoms with E-state index in [0.29, 0.717) is 30.5 Å². The van der Waals surface area contributed by atoms with Crippen molar-refractivity contribution < 1.29 is 14.3 Å². The van der Waals surface area contributed by atoms with E-state index in [0.717, 1.165) is 24.0 Å². The van der Waals surface area contributed by atoms with Gasteiger partial charge in [-0.15, -0.1) is 0 Å². The van der Waals surface area contributed by atoms with Gasteiger partial charge in [-0.05, 0) is 62.1 Å². The van der Waals surface area contributed by atoms with Crippen molar-refractivity contribution in [3.8, 4) is 0 Å². The highest BCUT2D eigenvalue weighted by atomic mass is 35.5. The van der Waals surface area contributed by atoms with Crippen molar-refractivity contribution in [1.29, 1.82) is 0 Å². The Morgan fingerprint density at radius 2 is 1.67 bits per heavy atom. The topological polar surface area (TPSA) is 79.5 Å². The van der Waals surface area contributed by atoms with Gasteiger partial charge < -0.3 is 20.7 Å². The molecular weight excluding hydrogens is 402 g/mol. The molecule has 1 heterocycles. The summed E-state index contributed by atoms with van der Waals surface area (Å²) in [6.45, 7) is 5.64. The van der Waals surface area contributed by atoms with Crippen molar-refractivity contribution in [2.45, 2.75) is 38.8 Å². The zero-order chi connectivity index (χ0) is 21.6. The second-order valence-electron chi connectivity index (χ2n) is 8.01. The molecule has 0 bridgehead atoms. The van der Waals surface area contributed by atoms with Crippen molar-refractivity contribution in [2.75, 3.05) is 18.5 Å². The molecule has 0 radical (unpaired) electrons. The third-order valence-electron chi connectivity index (χ3n) is 5.26. The monoisotopic (exact) mass is 429 g/mol. The third kappa shape index (κ3) is 6.21. The average molecular weight is 430 g/mol. The molecule has 3 N–H and O–H groups in total. The average Bonchev–Trinajstić information content (AvgIpc) is 2.74. The zero-order valence-corrected chi connectivity index (χ0v) is 18.1. The SMILES string of the molecule is CC(C)(NC(=O)C1CCOCC1)c1ccc(NC(=O)NCc2ccc(Cl)cc2)cc1. The highest BCUT2D eigenvalue weighted by Crippen LogP contribution is 2.24. The largest absolute Gasteiger partial charge is 0.381 e. The molecule has 0 spiro atoms. The van der Waals surface area contributed by atoms with Crippen LogP contribution in [0.5, 0.6) is 0 Å². The van der Waals surface area contributed by atoms with Crippen molar-refractivity contribution >= 4 is 29.2 Å². The highest BCUT2D eigenvalue weighted by Gasteiger charge is 2.28. The van der Waals surface area contributed by atoms with Crippen molar-refractivity contribution in [3.05, 3.63) is 64.7 Å². The number of hydrogen-bond donors (Lipinski definition) is 3. The molecule has 0 aliphatic carbocycles. The van der Waals surface area contributed by atoms with Gasteiger partial charge in [-0.2, -0.15) is 0 Å². The normalized spacial score (nSPS) is 14.8. The Labute approximate surface area is 182 Å². The van der Waals surface area contributed by atoms with Crippen LogP contribution in [0.3, 0.4) is 0 Å². The quantitative estimate of drug-likeness (QED) is 0.635. The Kier molecular flexibility index (Phi) is 7.34. The lowest BCUT2D eigenvalue weighted by Crippen LogP contribution is -2.45.